The predicted molar refractivity (Wildman–Crippen MR) is 69.3 cm³/mol. The lowest BCUT2D eigenvalue weighted by molar-refractivity contribution is -0.118. The second-order valence-electron chi connectivity index (χ2n) is 2.55. The first-order chi connectivity index (χ1) is 7.79. The number of nitrogens with zero attached hydrogens (tertiary/aromatic N) is 1. The van der Waals surface area contributed by atoms with Gasteiger partial charge in [0, 0.05) is 31.8 Å². The molecule has 1 amide bonds. The topological polar surface area (TPSA) is 42.0 Å². The van der Waals surface area contributed by atoms with Gasteiger partial charge in [-0.05, 0) is 12.1 Å². The molecule has 0 aliphatic carbocycles. The third kappa shape index (κ3) is 10.7. The van der Waals surface area contributed by atoms with Gasteiger partial charge >= 0.3 is 0 Å². The minimum absolute atomic E-state index is 0.00549. The van der Waals surface area contributed by atoms with Crippen LogP contribution in [0.3, 0.4) is 0 Å². The predicted octanol–water partition coefficient (Wildman–Crippen LogP) is 2.81. The summed E-state index contributed by atoms with van der Waals surface area (Å²) in [5, 5.41) is 2.72. The molecule has 0 saturated heterocycles. The van der Waals surface area contributed by atoms with Crippen LogP contribution in [0.2, 0.25) is 0 Å². The van der Waals surface area contributed by atoms with E-state index >= 15 is 0 Å². The molecule has 3 nitrogen and oxygen atoms in total. The molecule has 1 aromatic heterocycles. The minimum Gasteiger partial charge on any atom is -0.356 e. The lowest BCUT2D eigenvalue weighted by Gasteiger charge is -2.00. The molecule has 0 unspecified atom stereocenters. The maximum Gasteiger partial charge on any atom is 0.216 e. The smallest absolute Gasteiger partial charge is 0.216 e. The van der Waals surface area contributed by atoms with Gasteiger partial charge in [-0.3, -0.25) is 9.78 Å². The van der Waals surface area contributed by atoms with E-state index in [4.69, 9.17) is 0 Å². The third-order valence-corrected chi connectivity index (χ3v) is 1.48. The molecule has 0 saturated carbocycles. The molecule has 0 radical (unpaired) electrons. The van der Waals surface area contributed by atoms with Crippen molar-refractivity contribution in [3.05, 3.63) is 30.1 Å². The van der Waals surface area contributed by atoms with Gasteiger partial charge in [0.2, 0.25) is 5.91 Å². The molecule has 0 aromatic carbocycles. The van der Waals surface area contributed by atoms with Crippen molar-refractivity contribution >= 4 is 5.91 Å². The van der Waals surface area contributed by atoms with Gasteiger partial charge in [-0.25, -0.2) is 0 Å². The van der Waals surface area contributed by atoms with Crippen molar-refractivity contribution in [3.63, 3.8) is 0 Å². The normalized spacial score (nSPS) is 7.81. The Morgan fingerprint density at radius 1 is 1.25 bits per heavy atom. The van der Waals surface area contributed by atoms with Crippen molar-refractivity contribution in [2.75, 3.05) is 6.54 Å². The van der Waals surface area contributed by atoms with Crippen LogP contribution in [0.1, 0.15) is 40.3 Å². The quantitative estimate of drug-likeness (QED) is 0.857. The summed E-state index contributed by atoms with van der Waals surface area (Å²) in [5.41, 5.74) is 1.01. The number of aromatic nitrogens is 1. The molecule has 1 aromatic rings. The van der Waals surface area contributed by atoms with Crippen LogP contribution in [-0.4, -0.2) is 17.4 Å². The minimum atomic E-state index is 0.00549. The number of nitrogens with one attached hydrogen (secondary N) is 1. The zero-order valence-corrected chi connectivity index (χ0v) is 11.1. The molecule has 1 N–H and O–H groups in total. The van der Waals surface area contributed by atoms with Gasteiger partial charge in [0.25, 0.3) is 0 Å². The molecule has 0 atom stereocenters. The number of hydrogen-bond acceptors (Lipinski definition) is 2. The fourth-order valence-electron chi connectivity index (χ4n) is 0.913. The summed E-state index contributed by atoms with van der Waals surface area (Å²) in [6.45, 7) is 10.2. The Hall–Kier alpha value is -1.38. The van der Waals surface area contributed by atoms with Crippen molar-refractivity contribution in [1.29, 1.82) is 0 Å². The van der Waals surface area contributed by atoms with Crippen molar-refractivity contribution < 1.29 is 4.79 Å². The van der Waals surface area contributed by atoms with Crippen LogP contribution in [0.25, 0.3) is 0 Å². The summed E-state index contributed by atoms with van der Waals surface area (Å²) in [7, 11) is 0. The second-order valence-corrected chi connectivity index (χ2v) is 2.55. The zero-order valence-electron chi connectivity index (χ0n) is 11.1. The first-order valence-electron chi connectivity index (χ1n) is 5.93. The van der Waals surface area contributed by atoms with Crippen LogP contribution in [0.4, 0.5) is 0 Å². The fraction of sp³-hybridized carbons (Fsp3) is 0.538. The Labute approximate surface area is 99.3 Å². The summed E-state index contributed by atoms with van der Waals surface area (Å²) < 4.78 is 0. The number of carbonyl (C=O) groups excluding carboxylic acids is 1. The molecular formula is C13H24N2O. The van der Waals surface area contributed by atoms with Crippen LogP contribution >= 0.6 is 0 Å². The van der Waals surface area contributed by atoms with E-state index in [-0.39, 0.29) is 5.91 Å². The van der Waals surface area contributed by atoms with E-state index in [0.29, 0.717) is 6.54 Å². The monoisotopic (exact) mass is 224 g/mol. The fourth-order valence-corrected chi connectivity index (χ4v) is 0.913. The van der Waals surface area contributed by atoms with Gasteiger partial charge in [-0.2, -0.15) is 0 Å². The first-order valence-corrected chi connectivity index (χ1v) is 5.93. The Bertz CT molecular complexity index is 247. The number of pyridine rings is 1. The molecule has 0 bridgehead atoms. The summed E-state index contributed by atoms with van der Waals surface area (Å²) in [6.07, 6.45) is 2.55. The number of hydrogen-bond donors (Lipinski definition) is 1. The average Bonchev–Trinajstić information content (AvgIpc) is 2.35. The van der Waals surface area contributed by atoms with Crippen LogP contribution in [0.5, 0.6) is 0 Å². The highest BCUT2D eigenvalue weighted by Crippen LogP contribution is 1.92. The summed E-state index contributed by atoms with van der Waals surface area (Å²) >= 11 is 0. The Morgan fingerprint density at radius 2 is 1.88 bits per heavy atom. The summed E-state index contributed by atoms with van der Waals surface area (Å²) in [5.74, 6) is 0.00549. The molecule has 0 fully saturated rings. The van der Waals surface area contributed by atoms with Gasteiger partial charge < -0.3 is 5.32 Å². The molecule has 3 heteroatoms. The Kier molecular flexibility index (Phi) is 14.5. The van der Waals surface area contributed by atoms with Crippen molar-refractivity contribution in [2.45, 2.75) is 41.0 Å². The average molecular weight is 224 g/mol. The maximum absolute atomic E-state index is 10.5. The molecule has 16 heavy (non-hydrogen) atoms. The third-order valence-electron chi connectivity index (χ3n) is 1.48. The molecule has 0 aliphatic rings. The number of rotatable bonds is 3. The van der Waals surface area contributed by atoms with Crippen LogP contribution in [0, 0.1) is 0 Å². The molecule has 0 aliphatic heterocycles. The lowest BCUT2D eigenvalue weighted by atomic mass is 10.3. The van der Waals surface area contributed by atoms with Gasteiger partial charge in [-0.1, -0.05) is 33.8 Å². The van der Waals surface area contributed by atoms with Gasteiger partial charge in [-0.15, -0.1) is 0 Å². The Morgan fingerprint density at radius 3 is 2.31 bits per heavy atom. The van der Waals surface area contributed by atoms with E-state index in [1.54, 1.807) is 6.20 Å². The molecule has 92 valence electrons. The van der Waals surface area contributed by atoms with E-state index in [9.17, 15) is 4.79 Å². The lowest BCUT2D eigenvalue weighted by Crippen LogP contribution is -2.22. The van der Waals surface area contributed by atoms with E-state index in [1.165, 1.54) is 6.92 Å². The van der Waals surface area contributed by atoms with E-state index in [2.05, 4.69) is 10.3 Å². The van der Waals surface area contributed by atoms with Crippen LogP contribution < -0.4 is 5.32 Å². The van der Waals surface area contributed by atoms with Crippen LogP contribution in [0.15, 0.2) is 24.4 Å². The highest BCUT2D eigenvalue weighted by molar-refractivity contribution is 5.72. The maximum atomic E-state index is 10.5. The van der Waals surface area contributed by atoms with Crippen molar-refractivity contribution in [2.24, 2.45) is 0 Å². The van der Waals surface area contributed by atoms with Crippen molar-refractivity contribution in [3.8, 4) is 0 Å². The molecule has 1 heterocycles. The molecule has 1 rings (SSSR count). The van der Waals surface area contributed by atoms with Gasteiger partial charge in [0.05, 0.1) is 0 Å². The summed E-state index contributed by atoms with van der Waals surface area (Å²) in [6, 6.07) is 5.76. The largest absolute Gasteiger partial charge is 0.356 e. The van der Waals surface area contributed by atoms with Gasteiger partial charge in [0.1, 0.15) is 0 Å². The second kappa shape index (κ2) is 13.6. The standard InChI is InChI=1S/C9H12N2O.2C2H6/c1-8(12)10-7-5-9-4-2-3-6-11-9;2*1-2/h2-4,6H,5,7H2,1H3,(H,10,12);2*1-2H3. The van der Waals surface area contributed by atoms with E-state index in [1.807, 2.05) is 45.9 Å². The summed E-state index contributed by atoms with van der Waals surface area (Å²) in [4.78, 5) is 14.6. The SMILES string of the molecule is CC.CC.CC(=O)NCCc1ccccn1. The van der Waals surface area contributed by atoms with Crippen molar-refractivity contribution in [1.82, 2.24) is 10.3 Å². The first kappa shape index (κ1) is 17.0. The number of carbonyl (C=O) groups is 1. The highest BCUT2D eigenvalue weighted by Gasteiger charge is 1.93. The molecular weight excluding hydrogens is 200 g/mol. The van der Waals surface area contributed by atoms with E-state index in [0.717, 1.165) is 12.1 Å². The Balaban J connectivity index is 0. The van der Waals surface area contributed by atoms with E-state index < -0.39 is 0 Å². The molecule has 0 spiro atoms. The zero-order chi connectivity index (χ0) is 12.8. The van der Waals surface area contributed by atoms with Gasteiger partial charge in [0.15, 0.2) is 0 Å². The van der Waals surface area contributed by atoms with Crippen LogP contribution in [-0.2, 0) is 11.2 Å². The number of amides is 1. The highest BCUT2D eigenvalue weighted by atomic mass is 16.1.